The lowest BCUT2D eigenvalue weighted by atomic mass is 9.92. The Hall–Kier alpha value is -2.15. The second-order valence-electron chi connectivity index (χ2n) is 7.15. The van der Waals surface area contributed by atoms with E-state index in [0.717, 1.165) is 11.1 Å². The third kappa shape index (κ3) is 7.84. The SMILES string of the molecule is CC1=C(O)[C@H](C)[C@@H](C[C@H](O)/C=C/C(C)=C/C[C@H](O)/C=C/C(C)=C/CO)OC1=O. The number of hydrogen-bond donors (Lipinski definition) is 4. The van der Waals surface area contributed by atoms with E-state index in [-0.39, 0.29) is 30.3 Å². The maximum Gasteiger partial charge on any atom is 0.337 e. The summed E-state index contributed by atoms with van der Waals surface area (Å²) in [6, 6.07) is 0. The molecule has 6 nitrogen and oxygen atoms in total. The monoisotopic (exact) mass is 392 g/mol. The van der Waals surface area contributed by atoms with Crippen LogP contribution >= 0.6 is 0 Å². The molecule has 0 spiro atoms. The van der Waals surface area contributed by atoms with Gasteiger partial charge in [-0.1, -0.05) is 54.5 Å². The highest BCUT2D eigenvalue weighted by molar-refractivity contribution is 5.89. The Labute approximate surface area is 166 Å². The van der Waals surface area contributed by atoms with Gasteiger partial charge < -0.3 is 25.2 Å². The molecule has 0 aliphatic carbocycles. The van der Waals surface area contributed by atoms with E-state index in [2.05, 4.69) is 0 Å². The van der Waals surface area contributed by atoms with Crippen molar-refractivity contribution in [2.45, 2.75) is 58.8 Å². The van der Waals surface area contributed by atoms with Gasteiger partial charge in [-0.05, 0) is 27.2 Å². The third-order valence-corrected chi connectivity index (χ3v) is 4.67. The fraction of sp³-hybridized carbons (Fsp3) is 0.500. The molecule has 1 heterocycles. The number of ether oxygens (including phenoxy) is 1. The molecule has 0 unspecified atom stereocenters. The maximum atomic E-state index is 11.7. The van der Waals surface area contributed by atoms with Gasteiger partial charge in [-0.2, -0.15) is 0 Å². The fourth-order valence-electron chi connectivity index (χ4n) is 2.71. The Kier molecular flexibility index (Phi) is 9.93. The smallest absolute Gasteiger partial charge is 0.337 e. The molecule has 0 aromatic carbocycles. The second-order valence-corrected chi connectivity index (χ2v) is 7.15. The minimum atomic E-state index is -0.828. The standard InChI is InChI=1S/C22H32O6/c1-14(5-8-18(24)9-6-15(2)11-12-23)7-10-19(25)13-20-16(3)21(26)17(4)22(27)28-20/h5-7,9-11,16,18-20,23-26H,8,12-13H2,1-4H3/b9-6+,10-7+,14-5+,15-11+/t16-,18+,19-,20-/m1/s1. The zero-order valence-electron chi connectivity index (χ0n) is 17.0. The van der Waals surface area contributed by atoms with Gasteiger partial charge in [0.2, 0.25) is 0 Å². The van der Waals surface area contributed by atoms with Crippen LogP contribution in [0.1, 0.15) is 40.5 Å². The Morgan fingerprint density at radius 3 is 2.29 bits per heavy atom. The van der Waals surface area contributed by atoms with Crippen molar-refractivity contribution in [3.63, 3.8) is 0 Å². The van der Waals surface area contributed by atoms with Crippen molar-refractivity contribution in [1.29, 1.82) is 0 Å². The van der Waals surface area contributed by atoms with Crippen LogP contribution in [0, 0.1) is 5.92 Å². The van der Waals surface area contributed by atoms with Gasteiger partial charge in [-0.15, -0.1) is 0 Å². The van der Waals surface area contributed by atoms with Crippen molar-refractivity contribution in [1.82, 2.24) is 0 Å². The number of allylic oxidation sites excluding steroid dienone is 4. The summed E-state index contributed by atoms with van der Waals surface area (Å²) in [4.78, 5) is 11.7. The first kappa shape index (κ1) is 23.9. The van der Waals surface area contributed by atoms with Gasteiger partial charge >= 0.3 is 5.97 Å². The predicted molar refractivity (Wildman–Crippen MR) is 109 cm³/mol. The van der Waals surface area contributed by atoms with E-state index in [1.165, 1.54) is 6.92 Å². The molecule has 1 aliphatic rings. The van der Waals surface area contributed by atoms with Crippen LogP contribution in [0.15, 0.2) is 58.9 Å². The normalized spacial score (nSPS) is 24.2. The number of aliphatic hydroxyl groups excluding tert-OH is 4. The summed E-state index contributed by atoms with van der Waals surface area (Å²) in [5.41, 5.74) is 1.96. The molecule has 0 fully saturated rings. The lowest BCUT2D eigenvalue weighted by Crippen LogP contribution is -2.35. The number of cyclic esters (lactones) is 1. The predicted octanol–water partition coefficient (Wildman–Crippen LogP) is 2.88. The summed E-state index contributed by atoms with van der Waals surface area (Å²) < 4.78 is 5.28. The second kappa shape index (κ2) is 11.6. The summed E-state index contributed by atoms with van der Waals surface area (Å²) in [6.07, 6.45) is 8.82. The van der Waals surface area contributed by atoms with E-state index in [9.17, 15) is 20.1 Å². The zero-order chi connectivity index (χ0) is 21.3. The van der Waals surface area contributed by atoms with Crippen LogP contribution in [0.2, 0.25) is 0 Å². The summed E-state index contributed by atoms with van der Waals surface area (Å²) in [7, 11) is 0. The third-order valence-electron chi connectivity index (χ3n) is 4.67. The molecule has 6 heteroatoms. The van der Waals surface area contributed by atoms with Gasteiger partial charge in [0.05, 0.1) is 30.3 Å². The first-order valence-electron chi connectivity index (χ1n) is 9.43. The molecule has 28 heavy (non-hydrogen) atoms. The molecule has 1 rings (SSSR count). The van der Waals surface area contributed by atoms with E-state index >= 15 is 0 Å². The van der Waals surface area contributed by atoms with Crippen molar-refractivity contribution < 1.29 is 30.0 Å². The van der Waals surface area contributed by atoms with Gasteiger partial charge in [-0.25, -0.2) is 4.79 Å². The van der Waals surface area contributed by atoms with Gasteiger partial charge in [0.15, 0.2) is 0 Å². The highest BCUT2D eigenvalue weighted by Gasteiger charge is 2.34. The van der Waals surface area contributed by atoms with Gasteiger partial charge in [0, 0.05) is 6.42 Å². The van der Waals surface area contributed by atoms with Crippen LogP contribution in [0.5, 0.6) is 0 Å². The topological polar surface area (TPSA) is 107 Å². The highest BCUT2D eigenvalue weighted by Crippen LogP contribution is 2.28. The summed E-state index contributed by atoms with van der Waals surface area (Å²) in [5, 5.41) is 38.9. The minimum Gasteiger partial charge on any atom is -0.511 e. The molecule has 0 aromatic heterocycles. The summed E-state index contributed by atoms with van der Waals surface area (Å²) >= 11 is 0. The van der Waals surface area contributed by atoms with Gasteiger partial charge in [0.25, 0.3) is 0 Å². The number of rotatable bonds is 9. The molecule has 0 bridgehead atoms. The van der Waals surface area contributed by atoms with E-state index in [0.29, 0.717) is 6.42 Å². The molecule has 0 saturated heterocycles. The minimum absolute atomic E-state index is 0.0135. The quantitative estimate of drug-likeness (QED) is 0.355. The van der Waals surface area contributed by atoms with E-state index < -0.39 is 24.3 Å². The molecular weight excluding hydrogens is 360 g/mol. The van der Waals surface area contributed by atoms with Crippen molar-refractivity contribution in [2.24, 2.45) is 5.92 Å². The van der Waals surface area contributed by atoms with E-state index in [1.807, 2.05) is 19.9 Å². The average Bonchev–Trinajstić information content (AvgIpc) is 2.65. The first-order chi connectivity index (χ1) is 13.1. The molecule has 0 aromatic rings. The average molecular weight is 392 g/mol. The lowest BCUT2D eigenvalue weighted by Gasteiger charge is -2.30. The van der Waals surface area contributed by atoms with Crippen molar-refractivity contribution >= 4 is 5.97 Å². The molecule has 4 N–H and O–H groups in total. The molecule has 4 atom stereocenters. The zero-order valence-corrected chi connectivity index (χ0v) is 17.0. The molecule has 1 aliphatic heterocycles. The first-order valence-corrected chi connectivity index (χ1v) is 9.43. The largest absolute Gasteiger partial charge is 0.511 e. The molecule has 0 radical (unpaired) electrons. The number of hydrogen-bond acceptors (Lipinski definition) is 6. The maximum absolute atomic E-state index is 11.7. The molecule has 0 saturated carbocycles. The van der Waals surface area contributed by atoms with Crippen LogP contribution in [-0.4, -0.2) is 51.3 Å². The Bertz CT molecular complexity index is 683. The van der Waals surface area contributed by atoms with Gasteiger partial charge in [-0.3, -0.25) is 0 Å². The van der Waals surface area contributed by atoms with Crippen LogP contribution in [-0.2, 0) is 9.53 Å². The number of carbonyl (C=O) groups is 1. The van der Waals surface area contributed by atoms with E-state index in [4.69, 9.17) is 9.84 Å². The van der Waals surface area contributed by atoms with Crippen molar-refractivity contribution in [3.8, 4) is 0 Å². The Balaban J connectivity index is 2.55. The lowest BCUT2D eigenvalue weighted by molar-refractivity contribution is -0.151. The van der Waals surface area contributed by atoms with Crippen LogP contribution < -0.4 is 0 Å². The summed E-state index contributed by atoms with van der Waals surface area (Å²) in [6.45, 7) is 6.93. The molecule has 0 amide bonds. The number of esters is 1. The van der Waals surface area contributed by atoms with Gasteiger partial charge in [0.1, 0.15) is 11.9 Å². The number of carbonyl (C=O) groups excluding carboxylic acids is 1. The Morgan fingerprint density at radius 1 is 1.11 bits per heavy atom. The number of aliphatic hydroxyl groups is 4. The van der Waals surface area contributed by atoms with Crippen LogP contribution in [0.3, 0.4) is 0 Å². The van der Waals surface area contributed by atoms with Crippen LogP contribution in [0.4, 0.5) is 0 Å². The Morgan fingerprint density at radius 2 is 1.68 bits per heavy atom. The van der Waals surface area contributed by atoms with Crippen molar-refractivity contribution in [3.05, 3.63) is 58.9 Å². The molecule has 156 valence electrons. The molecular formula is C22H32O6. The fourth-order valence-corrected chi connectivity index (χ4v) is 2.71. The summed E-state index contributed by atoms with van der Waals surface area (Å²) in [5.74, 6) is -0.902. The van der Waals surface area contributed by atoms with E-state index in [1.54, 1.807) is 37.3 Å². The van der Waals surface area contributed by atoms with Crippen LogP contribution in [0.25, 0.3) is 0 Å². The highest BCUT2D eigenvalue weighted by atomic mass is 16.5. The van der Waals surface area contributed by atoms with Crippen molar-refractivity contribution in [2.75, 3.05) is 6.61 Å².